The lowest BCUT2D eigenvalue weighted by Crippen LogP contribution is -2.34. The molecule has 0 radical (unpaired) electrons. The number of benzene rings is 1. The van der Waals surface area contributed by atoms with Gasteiger partial charge in [0.2, 0.25) is 5.91 Å². The number of nitrogens with zero attached hydrogens (tertiary/aromatic N) is 3. The molecule has 11 nitrogen and oxygen atoms in total. The van der Waals surface area contributed by atoms with Gasteiger partial charge in [-0.05, 0) is 30.0 Å². The molecular formula is C22H23FN4O7. The number of nitrogens with one attached hydrogen (secondary N) is 1. The molecule has 1 N–H and O–H groups in total. The Balaban J connectivity index is 1.17. The second-order valence-corrected chi connectivity index (χ2v) is 8.94. The summed E-state index contributed by atoms with van der Waals surface area (Å²) in [7, 11) is 0. The zero-order chi connectivity index (χ0) is 24.1. The van der Waals surface area contributed by atoms with Gasteiger partial charge in [-0.3, -0.25) is 19.3 Å². The number of piperidine rings is 1. The van der Waals surface area contributed by atoms with Crippen LogP contribution in [0.4, 0.5) is 20.6 Å². The molecule has 3 aliphatic heterocycles. The lowest BCUT2D eigenvalue weighted by atomic mass is 10.2. The minimum absolute atomic E-state index is 0.0394. The Morgan fingerprint density at radius 3 is 2.41 bits per heavy atom. The van der Waals surface area contributed by atoms with Crippen LogP contribution >= 0.6 is 0 Å². The minimum atomic E-state index is -0.610. The average molecular weight is 474 g/mol. The van der Waals surface area contributed by atoms with Gasteiger partial charge < -0.3 is 19.8 Å². The van der Waals surface area contributed by atoms with Crippen molar-refractivity contribution in [3.63, 3.8) is 0 Å². The summed E-state index contributed by atoms with van der Waals surface area (Å²) in [4.78, 5) is 67.0. The van der Waals surface area contributed by atoms with Crippen LogP contribution in [-0.2, 0) is 28.8 Å². The Morgan fingerprint density at radius 1 is 1.12 bits per heavy atom. The highest BCUT2D eigenvalue weighted by Crippen LogP contribution is 2.53. The van der Waals surface area contributed by atoms with E-state index in [0.29, 0.717) is 29.5 Å². The van der Waals surface area contributed by atoms with E-state index in [1.807, 2.05) is 4.90 Å². The highest BCUT2D eigenvalue weighted by molar-refractivity contribution is 6.01. The van der Waals surface area contributed by atoms with Gasteiger partial charge in [0, 0.05) is 32.9 Å². The van der Waals surface area contributed by atoms with Crippen molar-refractivity contribution in [2.75, 3.05) is 36.0 Å². The van der Waals surface area contributed by atoms with Gasteiger partial charge in [-0.2, -0.15) is 0 Å². The Hall–Kier alpha value is -3.70. The maximum atomic E-state index is 14.9. The van der Waals surface area contributed by atoms with E-state index in [0.717, 1.165) is 0 Å². The average Bonchev–Trinajstić information content (AvgIpc) is 3.07. The summed E-state index contributed by atoms with van der Waals surface area (Å²) >= 11 is 0. The quantitative estimate of drug-likeness (QED) is 0.594. The summed E-state index contributed by atoms with van der Waals surface area (Å²) in [6.07, 6.45) is -1.05. The molecule has 1 aromatic carbocycles. The van der Waals surface area contributed by atoms with Crippen LogP contribution in [0.1, 0.15) is 19.8 Å². The van der Waals surface area contributed by atoms with Crippen molar-refractivity contribution >= 4 is 41.2 Å². The Morgan fingerprint density at radius 2 is 1.79 bits per heavy atom. The predicted octanol–water partition coefficient (Wildman–Crippen LogP) is 0.576. The van der Waals surface area contributed by atoms with Crippen LogP contribution in [0.5, 0.6) is 0 Å². The fourth-order valence-electron chi connectivity index (χ4n) is 4.90. The van der Waals surface area contributed by atoms with Crippen LogP contribution in [0.2, 0.25) is 0 Å². The summed E-state index contributed by atoms with van der Waals surface area (Å²) in [6.45, 7) is 2.61. The number of fused-ring (bicyclic) bond motifs is 1. The number of carbonyl (C=O) groups excluding carboxylic acids is 5. The number of amides is 4. The maximum Gasteiger partial charge on any atom is 0.414 e. The van der Waals surface area contributed by atoms with Gasteiger partial charge >= 0.3 is 12.1 Å². The van der Waals surface area contributed by atoms with E-state index in [9.17, 15) is 28.4 Å². The van der Waals surface area contributed by atoms with E-state index in [4.69, 9.17) is 9.57 Å². The topological polar surface area (TPSA) is 126 Å². The van der Waals surface area contributed by atoms with Gasteiger partial charge in [0.15, 0.2) is 0 Å². The number of imide groups is 1. The highest BCUT2D eigenvalue weighted by atomic mass is 19.1. The predicted molar refractivity (Wildman–Crippen MR) is 113 cm³/mol. The van der Waals surface area contributed by atoms with E-state index < -0.39 is 41.7 Å². The largest absolute Gasteiger partial charge is 0.442 e. The first-order valence-electron chi connectivity index (χ1n) is 11.1. The second-order valence-electron chi connectivity index (χ2n) is 8.94. The summed E-state index contributed by atoms with van der Waals surface area (Å²) in [5.74, 6) is -2.88. The van der Waals surface area contributed by atoms with E-state index in [1.54, 1.807) is 12.1 Å². The third kappa shape index (κ3) is 3.93. The fourth-order valence-corrected chi connectivity index (χ4v) is 4.90. The van der Waals surface area contributed by atoms with Crippen molar-refractivity contribution in [3.8, 4) is 0 Å². The van der Waals surface area contributed by atoms with Crippen LogP contribution in [0, 0.1) is 23.6 Å². The summed E-state index contributed by atoms with van der Waals surface area (Å²) in [5, 5.41) is 3.14. The molecular weight excluding hydrogens is 451 g/mol. The molecule has 0 bridgehead atoms. The molecule has 4 fully saturated rings. The Bertz CT molecular complexity index is 1070. The number of cyclic esters (lactones) is 1. The first kappa shape index (κ1) is 22.1. The molecule has 5 rings (SSSR count). The first-order valence-corrected chi connectivity index (χ1v) is 11.1. The molecule has 180 valence electrons. The summed E-state index contributed by atoms with van der Waals surface area (Å²) in [5.41, 5.74) is 0.706. The van der Waals surface area contributed by atoms with Crippen LogP contribution in [0.3, 0.4) is 0 Å². The lowest BCUT2D eigenvalue weighted by molar-refractivity contribution is -0.199. The molecule has 1 aromatic rings. The number of halogens is 1. The zero-order valence-electron chi connectivity index (χ0n) is 18.4. The van der Waals surface area contributed by atoms with Gasteiger partial charge in [0.25, 0.3) is 11.8 Å². The van der Waals surface area contributed by atoms with Crippen LogP contribution in [0.25, 0.3) is 0 Å². The molecule has 1 unspecified atom stereocenters. The molecule has 4 amide bonds. The third-order valence-electron chi connectivity index (χ3n) is 6.69. The van der Waals surface area contributed by atoms with Crippen molar-refractivity contribution in [3.05, 3.63) is 24.0 Å². The number of ether oxygens (including phenoxy) is 1. The number of hydrogen-bond acceptors (Lipinski definition) is 8. The van der Waals surface area contributed by atoms with Gasteiger partial charge in [-0.1, -0.05) is 0 Å². The van der Waals surface area contributed by atoms with E-state index in [2.05, 4.69) is 5.32 Å². The van der Waals surface area contributed by atoms with Crippen molar-refractivity contribution < 1.29 is 37.9 Å². The SMILES string of the molecule is CC(=O)NC[C@H]1CN(c2ccc(N3C[C@@H]4C(C(=O)ON5C(=O)CCC5=O)[C@@H]4C3)c(F)c2)C(=O)O1. The van der Waals surface area contributed by atoms with E-state index in [-0.39, 0.29) is 43.7 Å². The molecule has 4 atom stereocenters. The molecule has 1 aliphatic carbocycles. The molecule has 0 aromatic heterocycles. The lowest BCUT2D eigenvalue weighted by Gasteiger charge is -2.23. The van der Waals surface area contributed by atoms with Crippen molar-refractivity contribution in [2.24, 2.45) is 17.8 Å². The zero-order valence-corrected chi connectivity index (χ0v) is 18.4. The number of hydroxylamine groups is 2. The van der Waals surface area contributed by atoms with Gasteiger partial charge in [-0.15, -0.1) is 5.06 Å². The van der Waals surface area contributed by atoms with Crippen molar-refractivity contribution in [1.82, 2.24) is 10.4 Å². The Kier molecular flexibility index (Phi) is 5.37. The van der Waals surface area contributed by atoms with Crippen LogP contribution < -0.4 is 15.1 Å². The molecule has 3 saturated heterocycles. The van der Waals surface area contributed by atoms with E-state index in [1.165, 1.54) is 17.9 Å². The minimum Gasteiger partial charge on any atom is -0.442 e. The van der Waals surface area contributed by atoms with Gasteiger partial charge in [-0.25, -0.2) is 14.0 Å². The molecule has 4 aliphatic rings. The summed E-state index contributed by atoms with van der Waals surface area (Å²) in [6, 6.07) is 4.47. The van der Waals surface area contributed by atoms with Crippen molar-refractivity contribution in [2.45, 2.75) is 25.9 Å². The first-order chi connectivity index (χ1) is 16.2. The fraction of sp³-hybridized carbons (Fsp3) is 0.500. The van der Waals surface area contributed by atoms with Gasteiger partial charge in [0.1, 0.15) is 11.9 Å². The number of carbonyl (C=O) groups is 5. The Labute approximate surface area is 193 Å². The van der Waals surface area contributed by atoms with Crippen LogP contribution in [-0.4, -0.2) is 67.1 Å². The second kappa shape index (κ2) is 8.26. The number of rotatable bonds is 6. The molecule has 34 heavy (non-hydrogen) atoms. The maximum absolute atomic E-state index is 14.9. The van der Waals surface area contributed by atoms with Gasteiger partial charge in [0.05, 0.1) is 30.4 Å². The van der Waals surface area contributed by atoms with Crippen LogP contribution in [0.15, 0.2) is 18.2 Å². The number of anilines is 2. The molecule has 3 heterocycles. The smallest absolute Gasteiger partial charge is 0.414 e. The summed E-state index contributed by atoms with van der Waals surface area (Å²) < 4.78 is 20.2. The normalized spacial score (nSPS) is 27.7. The van der Waals surface area contributed by atoms with Crippen molar-refractivity contribution in [1.29, 1.82) is 0 Å². The number of hydrogen-bond donors (Lipinski definition) is 1. The molecule has 0 spiro atoms. The monoisotopic (exact) mass is 474 g/mol. The molecule has 12 heteroatoms. The molecule has 1 saturated carbocycles. The standard InChI is InChI=1S/C22H23FN4O7/c1-11(28)24-7-13-8-26(22(32)33-13)12-2-3-17(16(23)6-12)25-9-14-15(10-25)20(14)21(31)34-27-18(29)4-5-19(27)30/h2-3,6,13-15,20H,4-5,7-10H2,1H3,(H,24,28)/t13-,14-,15+,20?/m0/s1. The van der Waals surface area contributed by atoms with E-state index >= 15 is 0 Å². The third-order valence-corrected chi connectivity index (χ3v) is 6.69. The highest BCUT2D eigenvalue weighted by Gasteiger charge is 2.61.